The van der Waals surface area contributed by atoms with Crippen LogP contribution in [0.4, 0.5) is 0 Å². The maximum Gasteiger partial charge on any atom is 0.326 e. The van der Waals surface area contributed by atoms with E-state index in [2.05, 4.69) is 12.2 Å². The summed E-state index contributed by atoms with van der Waals surface area (Å²) in [6, 6.07) is -0.751. The van der Waals surface area contributed by atoms with Crippen LogP contribution < -0.4 is 5.32 Å². The Kier molecular flexibility index (Phi) is 7.60. The van der Waals surface area contributed by atoms with Crippen molar-refractivity contribution in [2.75, 3.05) is 0 Å². The second kappa shape index (κ2) is 8.13. The first-order valence-electron chi connectivity index (χ1n) is 6.05. The molecule has 2 N–H and O–H groups in total. The number of aliphatic carboxylic acids is 1. The molecular weight excluding hydrogens is 206 g/mol. The number of carbonyl (C=O) groups is 2. The van der Waals surface area contributed by atoms with E-state index in [0.717, 1.165) is 25.7 Å². The van der Waals surface area contributed by atoms with Crippen LogP contribution in [-0.2, 0) is 9.59 Å². The number of hydrogen-bond acceptors (Lipinski definition) is 2. The van der Waals surface area contributed by atoms with Crippen molar-refractivity contribution < 1.29 is 14.7 Å². The van der Waals surface area contributed by atoms with E-state index < -0.39 is 12.0 Å². The molecule has 16 heavy (non-hydrogen) atoms. The summed E-state index contributed by atoms with van der Waals surface area (Å²) in [5.41, 5.74) is 0. The summed E-state index contributed by atoms with van der Waals surface area (Å²) in [6.45, 7) is 5.83. The Hall–Kier alpha value is -1.06. The first-order valence-corrected chi connectivity index (χ1v) is 6.05. The zero-order valence-corrected chi connectivity index (χ0v) is 10.5. The van der Waals surface area contributed by atoms with Crippen molar-refractivity contribution in [3.05, 3.63) is 0 Å². The maximum atomic E-state index is 11.5. The van der Waals surface area contributed by atoms with Crippen LogP contribution in [0.1, 0.15) is 52.9 Å². The third kappa shape index (κ3) is 5.73. The molecule has 0 aliphatic rings. The van der Waals surface area contributed by atoms with Crippen molar-refractivity contribution in [2.24, 2.45) is 5.92 Å². The number of rotatable bonds is 8. The average molecular weight is 229 g/mol. The molecule has 0 unspecified atom stereocenters. The summed E-state index contributed by atoms with van der Waals surface area (Å²) in [5.74, 6) is -1.13. The van der Waals surface area contributed by atoms with Crippen molar-refractivity contribution in [1.29, 1.82) is 0 Å². The number of carboxylic acids is 1. The highest BCUT2D eigenvalue weighted by Crippen LogP contribution is 2.08. The molecule has 0 aliphatic carbocycles. The van der Waals surface area contributed by atoms with Gasteiger partial charge in [-0.15, -0.1) is 0 Å². The van der Waals surface area contributed by atoms with Gasteiger partial charge in [-0.3, -0.25) is 4.79 Å². The standard InChI is InChI=1S/C12H23NO3/c1-4-6-7-8-10(14)13-11(12(15)16)9(3)5-2/h9,11H,4-8H2,1-3H3,(H,13,14)(H,15,16)/t9-,11-/m0/s1. The highest BCUT2D eigenvalue weighted by molar-refractivity contribution is 5.83. The van der Waals surface area contributed by atoms with Gasteiger partial charge in [0.15, 0.2) is 0 Å². The van der Waals surface area contributed by atoms with Crippen LogP contribution in [0.3, 0.4) is 0 Å². The number of carboxylic acid groups (broad SMARTS) is 1. The minimum absolute atomic E-state index is 0.0346. The lowest BCUT2D eigenvalue weighted by atomic mass is 9.99. The number of hydrogen-bond donors (Lipinski definition) is 2. The molecule has 0 saturated carbocycles. The van der Waals surface area contributed by atoms with Crippen LogP contribution in [-0.4, -0.2) is 23.0 Å². The van der Waals surface area contributed by atoms with E-state index in [-0.39, 0.29) is 11.8 Å². The van der Waals surface area contributed by atoms with Crippen molar-refractivity contribution >= 4 is 11.9 Å². The Labute approximate surface area is 97.4 Å². The van der Waals surface area contributed by atoms with E-state index in [0.29, 0.717) is 6.42 Å². The molecular formula is C12H23NO3. The summed E-state index contributed by atoms with van der Waals surface area (Å²) in [4.78, 5) is 22.4. The molecule has 0 spiro atoms. The van der Waals surface area contributed by atoms with Gasteiger partial charge in [0.2, 0.25) is 5.91 Å². The van der Waals surface area contributed by atoms with Crippen LogP contribution in [0, 0.1) is 5.92 Å². The van der Waals surface area contributed by atoms with Crippen molar-refractivity contribution in [3.8, 4) is 0 Å². The van der Waals surface area contributed by atoms with E-state index in [1.54, 1.807) is 0 Å². The predicted octanol–water partition coefficient (Wildman–Crippen LogP) is 2.18. The van der Waals surface area contributed by atoms with Gasteiger partial charge in [0.25, 0.3) is 0 Å². The first-order chi connectivity index (χ1) is 7.52. The molecule has 2 atom stereocenters. The molecule has 0 aromatic heterocycles. The summed E-state index contributed by atoms with van der Waals surface area (Å²) in [7, 11) is 0. The van der Waals surface area contributed by atoms with E-state index in [4.69, 9.17) is 5.11 Å². The maximum absolute atomic E-state index is 11.5. The second-order valence-electron chi connectivity index (χ2n) is 4.23. The fourth-order valence-electron chi connectivity index (χ4n) is 1.46. The van der Waals surface area contributed by atoms with Gasteiger partial charge in [0.05, 0.1) is 0 Å². The third-order valence-corrected chi connectivity index (χ3v) is 2.80. The molecule has 0 aromatic rings. The molecule has 0 aromatic carbocycles. The lowest BCUT2D eigenvalue weighted by molar-refractivity contribution is -0.143. The van der Waals surface area contributed by atoms with Crippen LogP contribution >= 0.6 is 0 Å². The summed E-state index contributed by atoms with van der Waals surface area (Å²) < 4.78 is 0. The second-order valence-corrected chi connectivity index (χ2v) is 4.23. The number of nitrogens with one attached hydrogen (secondary N) is 1. The Morgan fingerprint density at radius 1 is 1.25 bits per heavy atom. The minimum atomic E-state index is -0.946. The van der Waals surface area contributed by atoms with Crippen molar-refractivity contribution in [2.45, 2.75) is 58.9 Å². The topological polar surface area (TPSA) is 66.4 Å². The van der Waals surface area contributed by atoms with E-state index in [1.165, 1.54) is 0 Å². The average Bonchev–Trinajstić information content (AvgIpc) is 2.25. The van der Waals surface area contributed by atoms with E-state index in [1.807, 2.05) is 13.8 Å². The quantitative estimate of drug-likeness (QED) is 0.627. The van der Waals surface area contributed by atoms with Crippen molar-refractivity contribution in [3.63, 3.8) is 0 Å². The SMILES string of the molecule is CCCCCC(=O)N[C@H](C(=O)O)[C@@H](C)CC. The van der Waals surface area contributed by atoms with Gasteiger partial charge >= 0.3 is 5.97 Å². The fraction of sp³-hybridized carbons (Fsp3) is 0.833. The van der Waals surface area contributed by atoms with E-state index in [9.17, 15) is 9.59 Å². The Balaban J connectivity index is 4.09. The number of carbonyl (C=O) groups excluding carboxylic acids is 1. The lowest BCUT2D eigenvalue weighted by Gasteiger charge is -2.20. The number of amides is 1. The van der Waals surface area contributed by atoms with Crippen LogP contribution in [0.15, 0.2) is 0 Å². The molecule has 1 amide bonds. The van der Waals surface area contributed by atoms with Gasteiger partial charge in [-0.2, -0.15) is 0 Å². The molecule has 0 rings (SSSR count). The molecule has 0 heterocycles. The van der Waals surface area contributed by atoms with Gasteiger partial charge in [-0.05, 0) is 12.3 Å². The van der Waals surface area contributed by atoms with Gasteiger partial charge in [-0.1, -0.05) is 40.0 Å². The van der Waals surface area contributed by atoms with E-state index >= 15 is 0 Å². The molecule has 4 nitrogen and oxygen atoms in total. The zero-order valence-electron chi connectivity index (χ0n) is 10.5. The lowest BCUT2D eigenvalue weighted by Crippen LogP contribution is -2.44. The molecule has 94 valence electrons. The minimum Gasteiger partial charge on any atom is -0.480 e. The summed E-state index contributed by atoms with van der Waals surface area (Å²) in [6.07, 6.45) is 4.06. The van der Waals surface area contributed by atoms with Crippen LogP contribution in [0.2, 0.25) is 0 Å². The monoisotopic (exact) mass is 229 g/mol. The fourth-order valence-corrected chi connectivity index (χ4v) is 1.46. The Bertz CT molecular complexity index is 228. The Morgan fingerprint density at radius 3 is 2.31 bits per heavy atom. The largest absolute Gasteiger partial charge is 0.480 e. The normalized spacial score (nSPS) is 14.2. The molecule has 0 radical (unpaired) electrons. The Morgan fingerprint density at radius 2 is 1.88 bits per heavy atom. The van der Waals surface area contributed by atoms with Gasteiger partial charge in [0, 0.05) is 6.42 Å². The smallest absolute Gasteiger partial charge is 0.326 e. The van der Waals surface area contributed by atoms with Gasteiger partial charge in [0.1, 0.15) is 6.04 Å². The van der Waals surface area contributed by atoms with Gasteiger partial charge < -0.3 is 10.4 Å². The first kappa shape index (κ1) is 14.9. The van der Waals surface area contributed by atoms with Crippen LogP contribution in [0.5, 0.6) is 0 Å². The highest BCUT2D eigenvalue weighted by Gasteiger charge is 2.24. The van der Waals surface area contributed by atoms with Crippen molar-refractivity contribution in [1.82, 2.24) is 5.32 Å². The molecule has 0 fully saturated rings. The molecule has 0 bridgehead atoms. The third-order valence-electron chi connectivity index (χ3n) is 2.80. The highest BCUT2D eigenvalue weighted by atomic mass is 16.4. The molecule has 0 saturated heterocycles. The molecule has 0 aliphatic heterocycles. The predicted molar refractivity (Wildman–Crippen MR) is 63.2 cm³/mol. The summed E-state index contributed by atoms with van der Waals surface area (Å²) >= 11 is 0. The number of unbranched alkanes of at least 4 members (excludes halogenated alkanes) is 2. The van der Waals surface area contributed by atoms with Crippen LogP contribution in [0.25, 0.3) is 0 Å². The molecule has 4 heteroatoms. The van der Waals surface area contributed by atoms with Gasteiger partial charge in [-0.25, -0.2) is 4.79 Å². The zero-order chi connectivity index (χ0) is 12.6. The summed E-state index contributed by atoms with van der Waals surface area (Å²) in [5, 5.41) is 11.6.